The molecule has 1 fully saturated rings. The fourth-order valence-electron chi connectivity index (χ4n) is 2.03. The summed E-state index contributed by atoms with van der Waals surface area (Å²) >= 11 is 0. The highest BCUT2D eigenvalue weighted by Crippen LogP contribution is 2.43. The third-order valence-electron chi connectivity index (χ3n) is 3.23. The lowest BCUT2D eigenvalue weighted by atomic mass is 10.0. The predicted octanol–water partition coefficient (Wildman–Crippen LogP) is 3.78. The van der Waals surface area contributed by atoms with Crippen molar-refractivity contribution in [3.05, 3.63) is 41.8 Å². The van der Waals surface area contributed by atoms with Crippen LogP contribution in [0.15, 0.2) is 35.1 Å². The summed E-state index contributed by atoms with van der Waals surface area (Å²) < 4.78 is 5.11. The van der Waals surface area contributed by atoms with Crippen molar-refractivity contribution in [1.82, 2.24) is 5.16 Å². The Morgan fingerprint density at radius 3 is 2.62 bits per heavy atom. The number of aryl methyl sites for hydroxylation is 1. The van der Waals surface area contributed by atoms with E-state index in [1.165, 1.54) is 29.5 Å². The Hall–Kier alpha value is -1.57. The maximum atomic E-state index is 5.11. The number of aromatic nitrogens is 1. The van der Waals surface area contributed by atoms with Gasteiger partial charge in [0.25, 0.3) is 0 Å². The highest BCUT2D eigenvalue weighted by molar-refractivity contribution is 5.66. The lowest BCUT2D eigenvalue weighted by molar-refractivity contribution is 0.412. The first kappa shape index (κ1) is 9.64. The van der Waals surface area contributed by atoms with Gasteiger partial charge in [-0.2, -0.15) is 0 Å². The van der Waals surface area contributed by atoms with Crippen molar-refractivity contribution in [2.45, 2.75) is 32.1 Å². The van der Waals surface area contributed by atoms with Crippen molar-refractivity contribution in [1.29, 1.82) is 0 Å². The molecule has 1 aromatic carbocycles. The minimum Gasteiger partial charge on any atom is -0.364 e. The molecule has 0 saturated heterocycles. The second kappa shape index (κ2) is 3.78. The Morgan fingerprint density at radius 1 is 1.25 bits per heavy atom. The molecule has 0 N–H and O–H groups in total. The molecule has 1 aromatic heterocycles. The molecule has 1 aliphatic carbocycles. The molecule has 2 aromatic rings. The molecule has 0 atom stereocenters. The molecule has 1 saturated carbocycles. The predicted molar refractivity (Wildman–Crippen MR) is 63.3 cm³/mol. The maximum Gasteiger partial charge on any atom is 0.131 e. The molecule has 3 rings (SSSR count). The summed E-state index contributed by atoms with van der Waals surface area (Å²) in [7, 11) is 0. The van der Waals surface area contributed by atoms with Crippen LogP contribution >= 0.6 is 0 Å². The fraction of sp³-hybridized carbons (Fsp3) is 0.357. The zero-order valence-electron chi connectivity index (χ0n) is 9.44. The van der Waals surface area contributed by atoms with Crippen LogP contribution in [0, 0.1) is 0 Å². The minimum absolute atomic E-state index is 0.639. The molecule has 2 heteroatoms. The van der Waals surface area contributed by atoms with Crippen molar-refractivity contribution in [2.75, 3.05) is 0 Å². The van der Waals surface area contributed by atoms with E-state index in [1.54, 1.807) is 6.26 Å². The molecule has 0 aliphatic heterocycles. The summed E-state index contributed by atoms with van der Waals surface area (Å²) in [5.41, 5.74) is 4.91. The van der Waals surface area contributed by atoms with E-state index in [0.717, 1.165) is 12.1 Å². The van der Waals surface area contributed by atoms with Crippen molar-refractivity contribution < 1.29 is 4.52 Å². The molecule has 0 radical (unpaired) electrons. The van der Waals surface area contributed by atoms with Crippen LogP contribution in [0.2, 0.25) is 0 Å². The highest BCUT2D eigenvalue weighted by Gasteiger charge is 2.29. The van der Waals surface area contributed by atoms with Crippen LogP contribution in [-0.4, -0.2) is 5.16 Å². The normalized spacial score (nSPS) is 15.3. The SMILES string of the molecule is CCc1ccc(-c2conc2C2CC2)cc1. The molecule has 82 valence electrons. The zero-order chi connectivity index (χ0) is 11.0. The van der Waals surface area contributed by atoms with E-state index in [9.17, 15) is 0 Å². The quantitative estimate of drug-likeness (QED) is 0.775. The molecular formula is C14H15NO. The van der Waals surface area contributed by atoms with Gasteiger partial charge in [0.15, 0.2) is 0 Å². The standard InChI is InChI=1S/C14H15NO/c1-2-10-3-5-11(6-4-10)13-9-16-15-14(13)12-7-8-12/h3-6,9,12H,2,7-8H2,1H3. The molecule has 2 nitrogen and oxygen atoms in total. The second-order valence-electron chi connectivity index (χ2n) is 4.44. The van der Waals surface area contributed by atoms with Crippen molar-refractivity contribution >= 4 is 0 Å². The lowest BCUT2D eigenvalue weighted by Gasteiger charge is -2.01. The van der Waals surface area contributed by atoms with E-state index < -0.39 is 0 Å². The van der Waals surface area contributed by atoms with Gasteiger partial charge in [-0.05, 0) is 30.4 Å². The van der Waals surface area contributed by atoms with Gasteiger partial charge in [-0.25, -0.2) is 0 Å². The summed E-state index contributed by atoms with van der Waals surface area (Å²) in [4.78, 5) is 0. The van der Waals surface area contributed by atoms with Gasteiger partial charge in [-0.3, -0.25) is 0 Å². The molecular weight excluding hydrogens is 198 g/mol. The maximum absolute atomic E-state index is 5.11. The van der Waals surface area contributed by atoms with Crippen LogP contribution in [0.1, 0.15) is 36.9 Å². The van der Waals surface area contributed by atoms with Gasteiger partial charge in [0, 0.05) is 11.5 Å². The number of hydrogen-bond donors (Lipinski definition) is 0. The van der Waals surface area contributed by atoms with Crippen molar-refractivity contribution in [3.8, 4) is 11.1 Å². The molecule has 1 aliphatic rings. The van der Waals surface area contributed by atoms with E-state index >= 15 is 0 Å². The minimum atomic E-state index is 0.639. The third-order valence-corrected chi connectivity index (χ3v) is 3.23. The van der Waals surface area contributed by atoms with Gasteiger partial charge in [0.1, 0.15) is 6.26 Å². The van der Waals surface area contributed by atoms with E-state index in [2.05, 4.69) is 36.3 Å². The molecule has 0 unspecified atom stereocenters. The topological polar surface area (TPSA) is 26.0 Å². The Labute approximate surface area is 95.3 Å². The zero-order valence-corrected chi connectivity index (χ0v) is 9.44. The van der Waals surface area contributed by atoms with Crippen LogP contribution in [0.3, 0.4) is 0 Å². The van der Waals surface area contributed by atoms with Gasteiger partial charge < -0.3 is 4.52 Å². The first-order valence-electron chi connectivity index (χ1n) is 5.92. The van der Waals surface area contributed by atoms with Crippen molar-refractivity contribution in [2.24, 2.45) is 0 Å². The first-order chi connectivity index (χ1) is 7.88. The fourth-order valence-corrected chi connectivity index (χ4v) is 2.03. The largest absolute Gasteiger partial charge is 0.364 e. The van der Waals surface area contributed by atoms with Gasteiger partial charge in [-0.1, -0.05) is 36.3 Å². The van der Waals surface area contributed by atoms with Crippen LogP contribution < -0.4 is 0 Å². The molecule has 16 heavy (non-hydrogen) atoms. The summed E-state index contributed by atoms with van der Waals surface area (Å²) in [5, 5.41) is 4.12. The Kier molecular flexibility index (Phi) is 2.28. The number of hydrogen-bond acceptors (Lipinski definition) is 2. The van der Waals surface area contributed by atoms with E-state index in [-0.39, 0.29) is 0 Å². The molecule has 0 spiro atoms. The average molecular weight is 213 g/mol. The Morgan fingerprint density at radius 2 is 2.00 bits per heavy atom. The average Bonchev–Trinajstić information content (AvgIpc) is 3.07. The molecule has 1 heterocycles. The van der Waals surface area contributed by atoms with Crippen LogP contribution in [0.5, 0.6) is 0 Å². The van der Waals surface area contributed by atoms with E-state index in [4.69, 9.17) is 4.52 Å². The monoisotopic (exact) mass is 213 g/mol. The summed E-state index contributed by atoms with van der Waals surface area (Å²) in [6.07, 6.45) is 5.37. The van der Waals surface area contributed by atoms with Gasteiger partial charge in [-0.15, -0.1) is 0 Å². The molecule has 0 amide bonds. The van der Waals surface area contributed by atoms with Crippen LogP contribution in [-0.2, 0) is 6.42 Å². The molecule has 0 bridgehead atoms. The lowest BCUT2D eigenvalue weighted by Crippen LogP contribution is -1.85. The Bertz CT molecular complexity index is 480. The van der Waals surface area contributed by atoms with Gasteiger partial charge in [0.2, 0.25) is 0 Å². The van der Waals surface area contributed by atoms with Gasteiger partial charge in [0.05, 0.1) is 5.69 Å². The van der Waals surface area contributed by atoms with Crippen molar-refractivity contribution in [3.63, 3.8) is 0 Å². The first-order valence-corrected chi connectivity index (χ1v) is 5.92. The summed E-state index contributed by atoms with van der Waals surface area (Å²) in [5.74, 6) is 0.639. The number of nitrogens with zero attached hydrogens (tertiary/aromatic N) is 1. The Balaban J connectivity index is 1.97. The summed E-state index contributed by atoms with van der Waals surface area (Å²) in [6.45, 7) is 2.17. The number of rotatable bonds is 3. The van der Waals surface area contributed by atoms with Gasteiger partial charge >= 0.3 is 0 Å². The van der Waals surface area contributed by atoms with Crippen LogP contribution in [0.25, 0.3) is 11.1 Å². The highest BCUT2D eigenvalue weighted by atomic mass is 16.5. The van der Waals surface area contributed by atoms with E-state index in [1.807, 2.05) is 0 Å². The second-order valence-corrected chi connectivity index (χ2v) is 4.44. The third kappa shape index (κ3) is 1.64. The van der Waals surface area contributed by atoms with Crippen LogP contribution in [0.4, 0.5) is 0 Å². The number of benzene rings is 1. The smallest absolute Gasteiger partial charge is 0.131 e. The van der Waals surface area contributed by atoms with E-state index in [0.29, 0.717) is 5.92 Å². The summed E-state index contributed by atoms with van der Waals surface area (Å²) in [6, 6.07) is 8.69.